The minimum Gasteiger partial charge on any atom is -0.448 e. The number of aromatic nitrogens is 1. The number of para-hydroxylation sites is 1. The summed E-state index contributed by atoms with van der Waals surface area (Å²) in [6.07, 6.45) is -1.11. The summed E-state index contributed by atoms with van der Waals surface area (Å²) in [5, 5.41) is 5.34. The van der Waals surface area contributed by atoms with Crippen molar-refractivity contribution in [2.24, 2.45) is 0 Å². The van der Waals surface area contributed by atoms with Crippen LogP contribution in [0, 0.1) is 0 Å². The minimum atomic E-state index is -1.11. The number of nitrogens with one attached hydrogen (secondary N) is 3. The molecule has 3 N–H and O–H groups in total. The maximum Gasteiger partial charge on any atom is 0.356 e. The average Bonchev–Trinajstić information content (AvgIpc) is 2.85. The standard InChI is InChI=1S/C15H16BrN3O4/c1-3-17-15(22)19-13(20)8(2)23-14(21)12-11(16)9-6-4-5-7-10(9)18-12/h4-8,18H,3H2,1-2H3,(H2,17,19,20,22). The number of carbonyl (C=O) groups is 3. The smallest absolute Gasteiger partial charge is 0.356 e. The molecule has 1 aromatic heterocycles. The number of fused-ring (bicyclic) bond motifs is 1. The first-order valence-electron chi connectivity index (χ1n) is 7.00. The van der Waals surface area contributed by atoms with Crippen molar-refractivity contribution >= 4 is 44.7 Å². The molecule has 0 aliphatic rings. The fraction of sp³-hybridized carbons (Fsp3) is 0.267. The number of hydrogen-bond acceptors (Lipinski definition) is 4. The molecule has 0 saturated heterocycles. The maximum atomic E-state index is 12.2. The van der Waals surface area contributed by atoms with Gasteiger partial charge < -0.3 is 15.0 Å². The van der Waals surface area contributed by atoms with Crippen LogP contribution in [0.4, 0.5) is 4.79 Å². The molecule has 1 unspecified atom stereocenters. The molecule has 0 aliphatic heterocycles. The third-order valence-electron chi connectivity index (χ3n) is 3.07. The van der Waals surface area contributed by atoms with Crippen molar-refractivity contribution in [2.45, 2.75) is 20.0 Å². The molecular weight excluding hydrogens is 366 g/mol. The van der Waals surface area contributed by atoms with Crippen molar-refractivity contribution in [3.05, 3.63) is 34.4 Å². The second-order valence-electron chi connectivity index (χ2n) is 4.76. The number of halogens is 1. The van der Waals surface area contributed by atoms with E-state index >= 15 is 0 Å². The molecule has 122 valence electrons. The summed E-state index contributed by atoms with van der Waals surface area (Å²) < 4.78 is 5.66. The molecule has 0 radical (unpaired) electrons. The van der Waals surface area contributed by atoms with Gasteiger partial charge in [0.2, 0.25) is 0 Å². The van der Waals surface area contributed by atoms with Gasteiger partial charge in [0.05, 0.1) is 4.47 Å². The molecule has 1 heterocycles. The lowest BCUT2D eigenvalue weighted by Gasteiger charge is -2.12. The molecule has 3 amide bonds. The van der Waals surface area contributed by atoms with Crippen LogP contribution in [0.1, 0.15) is 24.3 Å². The third kappa shape index (κ3) is 3.89. The molecular formula is C15H16BrN3O4. The lowest BCUT2D eigenvalue weighted by molar-refractivity contribution is -0.127. The number of esters is 1. The van der Waals surface area contributed by atoms with Crippen LogP contribution in [0.5, 0.6) is 0 Å². The van der Waals surface area contributed by atoms with Crippen LogP contribution in [-0.4, -0.2) is 35.5 Å². The lowest BCUT2D eigenvalue weighted by Crippen LogP contribution is -2.44. The van der Waals surface area contributed by atoms with Crippen LogP contribution < -0.4 is 10.6 Å². The number of urea groups is 1. The highest BCUT2D eigenvalue weighted by atomic mass is 79.9. The van der Waals surface area contributed by atoms with E-state index in [0.29, 0.717) is 11.0 Å². The topological polar surface area (TPSA) is 100 Å². The fourth-order valence-electron chi connectivity index (χ4n) is 1.94. The van der Waals surface area contributed by atoms with Crippen LogP contribution in [-0.2, 0) is 9.53 Å². The quantitative estimate of drug-likeness (QED) is 0.707. The van der Waals surface area contributed by atoms with E-state index in [1.165, 1.54) is 6.92 Å². The van der Waals surface area contributed by atoms with Crippen molar-refractivity contribution in [1.29, 1.82) is 0 Å². The summed E-state index contributed by atoms with van der Waals surface area (Å²) in [4.78, 5) is 38.2. The molecule has 0 fully saturated rings. The summed E-state index contributed by atoms with van der Waals surface area (Å²) in [6, 6.07) is 6.72. The molecule has 1 atom stereocenters. The van der Waals surface area contributed by atoms with Crippen molar-refractivity contribution in [3.63, 3.8) is 0 Å². The zero-order chi connectivity index (χ0) is 17.0. The number of amides is 3. The highest BCUT2D eigenvalue weighted by Crippen LogP contribution is 2.28. The van der Waals surface area contributed by atoms with Crippen LogP contribution in [0.2, 0.25) is 0 Å². The molecule has 8 heteroatoms. The first-order valence-corrected chi connectivity index (χ1v) is 7.79. The number of H-pyrrole nitrogens is 1. The van der Waals surface area contributed by atoms with Gasteiger partial charge >= 0.3 is 12.0 Å². The molecule has 0 bridgehead atoms. The number of imide groups is 1. The second kappa shape index (κ2) is 7.28. The minimum absolute atomic E-state index is 0.212. The summed E-state index contributed by atoms with van der Waals surface area (Å²) in [6.45, 7) is 3.50. The van der Waals surface area contributed by atoms with Crippen LogP contribution in [0.15, 0.2) is 28.7 Å². The SMILES string of the molecule is CCNC(=O)NC(=O)C(C)OC(=O)c1[nH]c2ccccc2c1Br. The number of hydrogen-bond donors (Lipinski definition) is 3. The van der Waals surface area contributed by atoms with Gasteiger partial charge in [-0.25, -0.2) is 9.59 Å². The van der Waals surface area contributed by atoms with Gasteiger partial charge in [0, 0.05) is 17.4 Å². The van der Waals surface area contributed by atoms with E-state index in [9.17, 15) is 14.4 Å². The number of ether oxygens (including phenoxy) is 1. The van der Waals surface area contributed by atoms with Crippen molar-refractivity contribution in [1.82, 2.24) is 15.6 Å². The molecule has 7 nitrogen and oxygen atoms in total. The van der Waals surface area contributed by atoms with Crippen molar-refractivity contribution in [2.75, 3.05) is 6.54 Å². The Hall–Kier alpha value is -2.35. The van der Waals surface area contributed by atoms with Crippen LogP contribution in [0.25, 0.3) is 10.9 Å². The van der Waals surface area contributed by atoms with E-state index in [4.69, 9.17) is 4.74 Å². The number of rotatable bonds is 4. The van der Waals surface area contributed by atoms with Gasteiger partial charge in [0.15, 0.2) is 6.10 Å². The van der Waals surface area contributed by atoms with Crippen molar-refractivity contribution in [3.8, 4) is 0 Å². The normalized spacial score (nSPS) is 11.8. The summed E-state index contributed by atoms with van der Waals surface area (Å²) in [5.74, 6) is -1.39. The van der Waals surface area contributed by atoms with Gasteiger partial charge in [-0.3, -0.25) is 10.1 Å². The van der Waals surface area contributed by atoms with E-state index in [-0.39, 0.29) is 5.69 Å². The van der Waals surface area contributed by atoms with Crippen LogP contribution >= 0.6 is 15.9 Å². The first-order chi connectivity index (χ1) is 10.9. The maximum absolute atomic E-state index is 12.2. The van der Waals surface area contributed by atoms with Gasteiger partial charge in [-0.1, -0.05) is 18.2 Å². The van der Waals surface area contributed by atoms with E-state index in [1.807, 2.05) is 24.3 Å². The number of benzene rings is 1. The predicted molar refractivity (Wildman–Crippen MR) is 88.1 cm³/mol. The lowest BCUT2D eigenvalue weighted by atomic mass is 10.2. The predicted octanol–water partition coefficient (Wildman–Crippen LogP) is 2.32. The van der Waals surface area contributed by atoms with Crippen molar-refractivity contribution < 1.29 is 19.1 Å². The Balaban J connectivity index is 2.07. The van der Waals surface area contributed by atoms with Gasteiger partial charge in [0.25, 0.3) is 5.91 Å². The molecule has 2 aromatic rings. The highest BCUT2D eigenvalue weighted by Gasteiger charge is 2.23. The summed E-state index contributed by atoms with van der Waals surface area (Å²) in [7, 11) is 0. The fourth-order valence-corrected chi connectivity index (χ4v) is 2.55. The number of aromatic amines is 1. The monoisotopic (exact) mass is 381 g/mol. The Labute approximate surface area is 140 Å². The van der Waals surface area contributed by atoms with Gasteiger partial charge in [-0.05, 0) is 35.8 Å². The first kappa shape index (κ1) is 17.0. The molecule has 2 rings (SSSR count). The zero-order valence-electron chi connectivity index (χ0n) is 12.6. The third-order valence-corrected chi connectivity index (χ3v) is 3.90. The second-order valence-corrected chi connectivity index (χ2v) is 5.55. The summed E-state index contributed by atoms with van der Waals surface area (Å²) >= 11 is 3.34. The van der Waals surface area contributed by atoms with E-state index in [1.54, 1.807) is 6.92 Å². The Bertz CT molecular complexity index is 756. The molecule has 23 heavy (non-hydrogen) atoms. The number of carbonyl (C=O) groups excluding carboxylic acids is 3. The Kier molecular flexibility index (Phi) is 5.38. The largest absolute Gasteiger partial charge is 0.448 e. The Morgan fingerprint density at radius 1 is 1.30 bits per heavy atom. The Morgan fingerprint density at radius 2 is 2.00 bits per heavy atom. The average molecular weight is 382 g/mol. The van der Waals surface area contributed by atoms with Gasteiger partial charge in [-0.15, -0.1) is 0 Å². The van der Waals surface area contributed by atoms with Crippen LogP contribution in [0.3, 0.4) is 0 Å². The van der Waals surface area contributed by atoms with Gasteiger partial charge in [0.1, 0.15) is 5.69 Å². The van der Waals surface area contributed by atoms with E-state index in [2.05, 4.69) is 31.5 Å². The molecule has 0 saturated carbocycles. The van der Waals surface area contributed by atoms with E-state index < -0.39 is 24.0 Å². The Morgan fingerprint density at radius 3 is 2.65 bits per heavy atom. The molecule has 0 spiro atoms. The molecule has 0 aliphatic carbocycles. The van der Waals surface area contributed by atoms with Gasteiger partial charge in [-0.2, -0.15) is 0 Å². The summed E-state index contributed by atoms with van der Waals surface area (Å²) in [5.41, 5.74) is 0.981. The zero-order valence-corrected chi connectivity index (χ0v) is 14.2. The highest BCUT2D eigenvalue weighted by molar-refractivity contribution is 9.10. The van der Waals surface area contributed by atoms with E-state index in [0.717, 1.165) is 10.9 Å². The molecule has 1 aromatic carbocycles.